The molecule has 0 saturated heterocycles. The Labute approximate surface area is 174 Å². The summed E-state index contributed by atoms with van der Waals surface area (Å²) in [5, 5.41) is 4.46. The average molecular weight is 425 g/mol. The van der Waals surface area contributed by atoms with Crippen LogP contribution >= 0.6 is 11.3 Å². The zero-order valence-electron chi connectivity index (χ0n) is 16.2. The third kappa shape index (κ3) is 3.92. The van der Waals surface area contributed by atoms with E-state index >= 15 is 0 Å². The minimum atomic E-state index is -0.533. The van der Waals surface area contributed by atoms with E-state index in [1.54, 1.807) is 55.0 Å². The highest BCUT2D eigenvalue weighted by Crippen LogP contribution is 2.16. The number of ether oxygens (including phenoxy) is 1. The lowest BCUT2D eigenvalue weighted by Gasteiger charge is -2.12. The third-order valence-electron chi connectivity index (χ3n) is 4.68. The van der Waals surface area contributed by atoms with Crippen LogP contribution in [0, 0.1) is 0 Å². The van der Waals surface area contributed by atoms with Crippen LogP contribution in [0.3, 0.4) is 0 Å². The molecule has 1 N–H and O–H groups in total. The first-order chi connectivity index (χ1) is 14.6. The molecule has 30 heavy (non-hydrogen) atoms. The molecule has 0 bridgehead atoms. The first-order valence-electron chi connectivity index (χ1n) is 9.19. The summed E-state index contributed by atoms with van der Waals surface area (Å²) < 4.78 is 13.3. The molecule has 3 heterocycles. The Morgan fingerprint density at radius 1 is 1.13 bits per heavy atom. The Bertz CT molecular complexity index is 1280. The molecule has 0 radical (unpaired) electrons. The number of nitrogens with zero attached hydrogens (tertiary/aromatic N) is 2. The lowest BCUT2D eigenvalue weighted by molar-refractivity contribution is -0.121. The number of carbonyl (C=O) groups is 1. The van der Waals surface area contributed by atoms with E-state index < -0.39 is 5.69 Å². The quantitative estimate of drug-likeness (QED) is 0.490. The monoisotopic (exact) mass is 425 g/mol. The van der Waals surface area contributed by atoms with Gasteiger partial charge in [-0.3, -0.25) is 18.7 Å². The van der Waals surface area contributed by atoms with Gasteiger partial charge in [0.2, 0.25) is 5.91 Å². The van der Waals surface area contributed by atoms with E-state index in [1.165, 1.54) is 22.2 Å². The Kier molecular flexibility index (Phi) is 5.53. The van der Waals surface area contributed by atoms with E-state index in [1.807, 2.05) is 0 Å². The molecular formula is C21H19N3O5S. The molecule has 9 heteroatoms. The summed E-state index contributed by atoms with van der Waals surface area (Å²) >= 11 is 1.25. The van der Waals surface area contributed by atoms with Crippen molar-refractivity contribution >= 4 is 27.5 Å². The van der Waals surface area contributed by atoms with Crippen LogP contribution in [-0.4, -0.2) is 22.2 Å². The largest absolute Gasteiger partial charge is 0.497 e. The van der Waals surface area contributed by atoms with Crippen LogP contribution in [-0.2, 0) is 24.4 Å². The van der Waals surface area contributed by atoms with Gasteiger partial charge in [0.25, 0.3) is 5.56 Å². The number of nitrogens with one attached hydrogen (secondary N) is 1. The summed E-state index contributed by atoms with van der Waals surface area (Å²) in [6.45, 7) is 0.123. The first kappa shape index (κ1) is 19.7. The van der Waals surface area contributed by atoms with Crippen LogP contribution in [0.2, 0.25) is 0 Å². The second kappa shape index (κ2) is 8.42. The Morgan fingerprint density at radius 3 is 2.63 bits per heavy atom. The highest BCUT2D eigenvalue weighted by molar-refractivity contribution is 7.17. The van der Waals surface area contributed by atoms with Crippen molar-refractivity contribution in [1.29, 1.82) is 0 Å². The van der Waals surface area contributed by atoms with Crippen molar-refractivity contribution in [1.82, 2.24) is 14.5 Å². The van der Waals surface area contributed by atoms with Gasteiger partial charge in [-0.15, -0.1) is 11.3 Å². The number of hydrogen-bond donors (Lipinski definition) is 1. The lowest BCUT2D eigenvalue weighted by atomic mass is 10.2. The summed E-state index contributed by atoms with van der Waals surface area (Å²) in [6, 6.07) is 12.3. The fourth-order valence-electron chi connectivity index (χ4n) is 3.14. The molecule has 0 atom stereocenters. The van der Waals surface area contributed by atoms with Gasteiger partial charge < -0.3 is 14.5 Å². The van der Waals surface area contributed by atoms with Gasteiger partial charge in [0.05, 0.1) is 32.0 Å². The van der Waals surface area contributed by atoms with Gasteiger partial charge in [-0.25, -0.2) is 4.79 Å². The Morgan fingerprint density at radius 2 is 1.93 bits per heavy atom. The highest BCUT2D eigenvalue weighted by Gasteiger charge is 2.17. The molecule has 4 rings (SSSR count). The predicted molar refractivity (Wildman–Crippen MR) is 113 cm³/mol. The first-order valence-corrected chi connectivity index (χ1v) is 10.1. The van der Waals surface area contributed by atoms with Crippen molar-refractivity contribution in [2.75, 3.05) is 7.11 Å². The zero-order chi connectivity index (χ0) is 21.1. The Hall–Kier alpha value is -3.59. The van der Waals surface area contributed by atoms with Crippen molar-refractivity contribution in [2.24, 2.45) is 0 Å². The van der Waals surface area contributed by atoms with Crippen molar-refractivity contribution in [3.05, 3.63) is 86.3 Å². The molecule has 8 nitrogen and oxygen atoms in total. The lowest BCUT2D eigenvalue weighted by Crippen LogP contribution is -2.42. The second-order valence-electron chi connectivity index (χ2n) is 6.60. The summed E-state index contributed by atoms with van der Waals surface area (Å²) in [7, 11) is 1.57. The molecule has 4 aromatic rings. The zero-order valence-corrected chi connectivity index (χ0v) is 17.0. The molecule has 3 aromatic heterocycles. The van der Waals surface area contributed by atoms with Crippen molar-refractivity contribution in [3.8, 4) is 5.75 Å². The van der Waals surface area contributed by atoms with E-state index in [2.05, 4.69) is 5.32 Å². The Balaban J connectivity index is 1.65. The number of furan rings is 1. The molecule has 0 unspecified atom stereocenters. The summed E-state index contributed by atoms with van der Waals surface area (Å²) in [4.78, 5) is 38.4. The van der Waals surface area contributed by atoms with Gasteiger partial charge in [-0.1, -0.05) is 12.1 Å². The van der Waals surface area contributed by atoms with E-state index in [9.17, 15) is 14.4 Å². The predicted octanol–water partition coefficient (Wildman–Crippen LogP) is 2.19. The number of benzene rings is 1. The topological polar surface area (TPSA) is 95.5 Å². The van der Waals surface area contributed by atoms with E-state index in [4.69, 9.17) is 9.15 Å². The van der Waals surface area contributed by atoms with Crippen molar-refractivity contribution in [2.45, 2.75) is 19.6 Å². The molecule has 0 aliphatic rings. The van der Waals surface area contributed by atoms with Crippen LogP contribution < -0.4 is 21.3 Å². The summed E-state index contributed by atoms with van der Waals surface area (Å²) in [5.41, 5.74) is 0.330. The molecule has 1 aromatic carbocycles. The fourth-order valence-corrected chi connectivity index (χ4v) is 3.98. The standard InChI is InChI=1S/C21H19N3O5S/c1-28-15-6-4-14(5-7-15)12-24-20(26)19-17(8-10-30-19)23(21(24)27)13-18(25)22-11-16-3-2-9-29-16/h2-10H,11-13H2,1H3,(H,22,25). The smallest absolute Gasteiger partial charge is 0.332 e. The molecular weight excluding hydrogens is 406 g/mol. The van der Waals surface area contributed by atoms with Gasteiger partial charge in [-0.05, 0) is 41.3 Å². The number of amides is 1. The number of fused-ring (bicyclic) bond motifs is 1. The summed E-state index contributed by atoms with van der Waals surface area (Å²) in [5.74, 6) is 0.946. The van der Waals surface area contributed by atoms with Crippen molar-refractivity contribution < 1.29 is 13.9 Å². The van der Waals surface area contributed by atoms with Crippen LogP contribution in [0.4, 0.5) is 0 Å². The normalized spacial score (nSPS) is 11.0. The van der Waals surface area contributed by atoms with Crippen LogP contribution in [0.5, 0.6) is 5.75 Å². The van der Waals surface area contributed by atoms with Gasteiger partial charge in [0.1, 0.15) is 22.8 Å². The SMILES string of the molecule is COc1ccc(Cn2c(=O)c3sccc3n(CC(=O)NCc3ccco3)c2=O)cc1. The molecule has 0 fully saturated rings. The van der Waals surface area contributed by atoms with Crippen LogP contribution in [0.25, 0.3) is 10.2 Å². The minimum Gasteiger partial charge on any atom is -0.497 e. The average Bonchev–Trinajstić information content (AvgIpc) is 3.45. The van der Waals surface area contributed by atoms with E-state index in [0.717, 1.165) is 10.1 Å². The molecule has 0 aliphatic carbocycles. The highest BCUT2D eigenvalue weighted by atomic mass is 32.1. The number of thiophene rings is 1. The molecule has 0 saturated carbocycles. The molecule has 0 aliphatic heterocycles. The third-order valence-corrected chi connectivity index (χ3v) is 5.57. The van der Waals surface area contributed by atoms with Gasteiger partial charge in [-0.2, -0.15) is 0 Å². The molecule has 154 valence electrons. The molecule has 0 spiro atoms. The van der Waals surface area contributed by atoms with Crippen LogP contribution in [0.1, 0.15) is 11.3 Å². The number of hydrogen-bond acceptors (Lipinski definition) is 6. The maximum absolute atomic E-state index is 13.1. The van der Waals surface area contributed by atoms with Crippen LogP contribution in [0.15, 0.2) is 68.1 Å². The van der Waals surface area contributed by atoms with Gasteiger partial charge in [0.15, 0.2) is 0 Å². The maximum atomic E-state index is 13.1. The number of rotatable bonds is 7. The van der Waals surface area contributed by atoms with E-state index in [0.29, 0.717) is 21.7 Å². The number of carbonyl (C=O) groups excluding carboxylic acids is 1. The maximum Gasteiger partial charge on any atom is 0.332 e. The number of methoxy groups -OCH3 is 1. The minimum absolute atomic E-state index is 0.101. The summed E-state index contributed by atoms with van der Waals surface area (Å²) in [6.07, 6.45) is 1.52. The molecule has 1 amide bonds. The second-order valence-corrected chi connectivity index (χ2v) is 7.52. The van der Waals surface area contributed by atoms with Gasteiger partial charge in [0, 0.05) is 0 Å². The van der Waals surface area contributed by atoms with E-state index in [-0.39, 0.29) is 31.1 Å². The van der Waals surface area contributed by atoms with Gasteiger partial charge >= 0.3 is 5.69 Å². The van der Waals surface area contributed by atoms with Crippen molar-refractivity contribution in [3.63, 3.8) is 0 Å². The fraction of sp³-hybridized carbons (Fsp3) is 0.190. The number of aromatic nitrogens is 2.